The Labute approximate surface area is 237 Å². The number of aromatic carboxylic acids is 1. The summed E-state index contributed by atoms with van der Waals surface area (Å²) in [6.45, 7) is 6.81. The van der Waals surface area contributed by atoms with Crippen LogP contribution in [0, 0.1) is 0 Å². The Balaban J connectivity index is 1.33. The molecule has 0 radical (unpaired) electrons. The van der Waals surface area contributed by atoms with Crippen LogP contribution in [0.1, 0.15) is 23.7 Å². The first-order chi connectivity index (χ1) is 19.9. The summed E-state index contributed by atoms with van der Waals surface area (Å²) in [6, 6.07) is 12.6. The zero-order valence-corrected chi connectivity index (χ0v) is 22.7. The topological polar surface area (TPSA) is 153 Å². The molecule has 1 aromatic heterocycles. The summed E-state index contributed by atoms with van der Waals surface area (Å²) < 4.78 is 5.51. The van der Waals surface area contributed by atoms with E-state index in [2.05, 4.69) is 20.4 Å². The normalized spacial score (nSPS) is 15.7. The largest absolute Gasteiger partial charge is 0.478 e. The minimum Gasteiger partial charge on any atom is -0.478 e. The van der Waals surface area contributed by atoms with Crippen LogP contribution in [-0.4, -0.2) is 95.3 Å². The summed E-state index contributed by atoms with van der Waals surface area (Å²) in [5.41, 5.74) is 1.93. The van der Waals surface area contributed by atoms with E-state index < -0.39 is 12.0 Å². The maximum absolute atomic E-state index is 12.5. The zero-order valence-electron chi connectivity index (χ0n) is 22.7. The number of anilines is 4. The molecule has 13 heteroatoms. The van der Waals surface area contributed by atoms with Crippen LogP contribution >= 0.6 is 0 Å². The Morgan fingerprint density at radius 2 is 1.34 bits per heavy atom. The summed E-state index contributed by atoms with van der Waals surface area (Å²) in [7, 11) is 0. The fraction of sp³-hybridized carbons (Fsp3) is 0.357. The number of nitrogens with one attached hydrogen (secondary N) is 2. The lowest BCUT2D eigenvalue weighted by molar-refractivity contribution is -0.128. The van der Waals surface area contributed by atoms with E-state index in [-0.39, 0.29) is 11.5 Å². The molecule has 214 valence electrons. The number of carbonyl (C=O) groups is 3. The Hall–Kier alpha value is -4.78. The van der Waals surface area contributed by atoms with Crippen LogP contribution in [0.2, 0.25) is 0 Å². The number of amides is 3. The molecule has 0 unspecified atom stereocenters. The van der Waals surface area contributed by atoms with Gasteiger partial charge in [-0.05, 0) is 55.0 Å². The first kappa shape index (κ1) is 27.8. The van der Waals surface area contributed by atoms with Crippen LogP contribution in [0.15, 0.2) is 48.5 Å². The van der Waals surface area contributed by atoms with Crippen molar-refractivity contribution in [2.75, 3.05) is 72.9 Å². The van der Waals surface area contributed by atoms with Gasteiger partial charge in [-0.3, -0.25) is 4.79 Å². The van der Waals surface area contributed by atoms with Gasteiger partial charge >= 0.3 is 12.0 Å². The van der Waals surface area contributed by atoms with Gasteiger partial charge in [0.25, 0.3) is 0 Å². The van der Waals surface area contributed by atoms with Crippen LogP contribution in [-0.2, 0) is 9.53 Å². The van der Waals surface area contributed by atoms with Crippen molar-refractivity contribution in [1.29, 1.82) is 0 Å². The molecule has 2 saturated heterocycles. The fourth-order valence-electron chi connectivity index (χ4n) is 4.65. The number of aromatic nitrogens is 3. The number of carbonyl (C=O) groups excluding carboxylic acids is 2. The van der Waals surface area contributed by atoms with E-state index in [4.69, 9.17) is 24.8 Å². The van der Waals surface area contributed by atoms with Gasteiger partial charge in [-0.2, -0.15) is 15.0 Å². The molecule has 3 heterocycles. The average Bonchev–Trinajstić information content (AvgIpc) is 3.25. The first-order valence-electron chi connectivity index (χ1n) is 13.5. The highest BCUT2D eigenvalue weighted by molar-refractivity contribution is 6.00. The number of morpholine rings is 1. The smallest absolute Gasteiger partial charge is 0.335 e. The van der Waals surface area contributed by atoms with E-state index in [0.29, 0.717) is 75.0 Å². The fourth-order valence-corrected chi connectivity index (χ4v) is 4.65. The molecule has 0 atom stereocenters. The highest BCUT2D eigenvalue weighted by atomic mass is 16.5. The van der Waals surface area contributed by atoms with E-state index >= 15 is 0 Å². The third-order valence-electron chi connectivity index (χ3n) is 6.92. The predicted octanol–water partition coefficient (Wildman–Crippen LogP) is 2.78. The van der Waals surface area contributed by atoms with Gasteiger partial charge in [0.05, 0.1) is 18.8 Å². The molecular formula is C28H32N8O5. The van der Waals surface area contributed by atoms with Crippen LogP contribution in [0.3, 0.4) is 0 Å². The molecule has 2 aliphatic rings. The van der Waals surface area contributed by atoms with Gasteiger partial charge in [-0.1, -0.05) is 0 Å². The lowest BCUT2D eigenvalue weighted by Gasteiger charge is -2.28. The van der Waals surface area contributed by atoms with Gasteiger partial charge in [-0.25, -0.2) is 9.59 Å². The van der Waals surface area contributed by atoms with Crippen molar-refractivity contribution in [1.82, 2.24) is 19.9 Å². The Kier molecular flexibility index (Phi) is 8.53. The number of nitrogens with zero attached hydrogens (tertiary/aromatic N) is 6. The molecule has 41 heavy (non-hydrogen) atoms. The number of carboxylic acids is 1. The predicted molar refractivity (Wildman–Crippen MR) is 153 cm³/mol. The monoisotopic (exact) mass is 560 g/mol. The summed E-state index contributed by atoms with van der Waals surface area (Å²) in [6.07, 6.45) is 0.819. The number of hydrogen-bond acceptors (Lipinski definition) is 9. The maximum atomic E-state index is 12.5. The molecule has 3 aromatic rings. The standard InChI is InChI=1S/C28H32N8O5/c1-19(37)34-11-2-12-35(14-13-34)26-31-24(32-27(33-26)36-15-17-41-18-16-36)20-3-7-22(8-4-20)29-28(40)30-23-9-5-21(6-10-23)25(38)39/h3-10H,2,11-18H2,1H3,(H,38,39)(H2,29,30,40). The second kappa shape index (κ2) is 12.6. The van der Waals surface area contributed by atoms with Crippen molar-refractivity contribution in [3.05, 3.63) is 54.1 Å². The quantitative estimate of drug-likeness (QED) is 0.410. The van der Waals surface area contributed by atoms with Crippen LogP contribution in [0.25, 0.3) is 11.4 Å². The van der Waals surface area contributed by atoms with Crippen molar-refractivity contribution in [2.45, 2.75) is 13.3 Å². The lowest BCUT2D eigenvalue weighted by Crippen LogP contribution is -2.38. The van der Waals surface area contributed by atoms with Gasteiger partial charge in [-0.15, -0.1) is 0 Å². The second-order valence-electron chi connectivity index (χ2n) is 9.74. The molecule has 3 amide bonds. The SMILES string of the molecule is CC(=O)N1CCCN(c2nc(-c3ccc(NC(=O)Nc4ccc(C(=O)O)cc4)cc3)nc(N3CCOCC3)n2)CC1. The number of carboxylic acid groups (broad SMARTS) is 1. The summed E-state index contributed by atoms with van der Waals surface area (Å²) >= 11 is 0. The van der Waals surface area contributed by atoms with Crippen molar-refractivity contribution in [3.8, 4) is 11.4 Å². The minimum atomic E-state index is -1.03. The maximum Gasteiger partial charge on any atom is 0.335 e. The van der Waals surface area contributed by atoms with E-state index in [9.17, 15) is 14.4 Å². The van der Waals surface area contributed by atoms with Gasteiger partial charge in [0, 0.05) is 63.1 Å². The van der Waals surface area contributed by atoms with E-state index in [1.54, 1.807) is 19.1 Å². The molecule has 0 bridgehead atoms. The summed E-state index contributed by atoms with van der Waals surface area (Å²) in [5.74, 6) is 0.692. The van der Waals surface area contributed by atoms with Gasteiger partial charge in [0.2, 0.25) is 17.8 Å². The van der Waals surface area contributed by atoms with Crippen molar-refractivity contribution in [2.24, 2.45) is 0 Å². The zero-order chi connectivity index (χ0) is 28.8. The Morgan fingerprint density at radius 1 is 0.756 bits per heavy atom. The molecule has 0 aliphatic carbocycles. The minimum absolute atomic E-state index is 0.0654. The summed E-state index contributed by atoms with van der Waals surface area (Å²) in [4.78, 5) is 55.8. The van der Waals surface area contributed by atoms with Gasteiger partial charge < -0.3 is 35.2 Å². The molecule has 0 spiro atoms. The average molecular weight is 561 g/mol. The molecule has 5 rings (SSSR count). The van der Waals surface area contributed by atoms with Gasteiger partial charge in [0.1, 0.15) is 0 Å². The molecule has 2 aliphatic heterocycles. The number of ether oxygens (including phenoxy) is 1. The van der Waals surface area contributed by atoms with E-state index in [0.717, 1.165) is 18.5 Å². The molecular weight excluding hydrogens is 528 g/mol. The molecule has 3 N–H and O–H groups in total. The first-order valence-corrected chi connectivity index (χ1v) is 13.5. The van der Waals surface area contributed by atoms with E-state index in [1.165, 1.54) is 24.3 Å². The molecule has 2 fully saturated rings. The van der Waals surface area contributed by atoms with Crippen LogP contribution in [0.5, 0.6) is 0 Å². The van der Waals surface area contributed by atoms with Crippen molar-refractivity contribution < 1.29 is 24.2 Å². The second-order valence-corrected chi connectivity index (χ2v) is 9.74. The number of urea groups is 1. The van der Waals surface area contributed by atoms with Gasteiger partial charge in [0.15, 0.2) is 5.82 Å². The Morgan fingerprint density at radius 3 is 1.93 bits per heavy atom. The third kappa shape index (κ3) is 7.06. The number of benzene rings is 2. The molecule has 13 nitrogen and oxygen atoms in total. The lowest BCUT2D eigenvalue weighted by atomic mass is 10.2. The summed E-state index contributed by atoms with van der Waals surface area (Å²) in [5, 5.41) is 14.5. The molecule has 0 saturated carbocycles. The van der Waals surface area contributed by atoms with Crippen molar-refractivity contribution in [3.63, 3.8) is 0 Å². The Bertz CT molecular complexity index is 1390. The van der Waals surface area contributed by atoms with Crippen molar-refractivity contribution >= 4 is 41.2 Å². The third-order valence-corrected chi connectivity index (χ3v) is 6.92. The highest BCUT2D eigenvalue weighted by Crippen LogP contribution is 2.24. The number of hydrogen-bond donors (Lipinski definition) is 3. The molecule has 2 aromatic carbocycles. The highest BCUT2D eigenvalue weighted by Gasteiger charge is 2.23. The van der Waals surface area contributed by atoms with E-state index in [1.807, 2.05) is 17.0 Å². The number of rotatable bonds is 6. The van der Waals surface area contributed by atoms with Crippen LogP contribution in [0.4, 0.5) is 28.1 Å². The van der Waals surface area contributed by atoms with Crippen LogP contribution < -0.4 is 20.4 Å².